The van der Waals surface area contributed by atoms with Crippen molar-refractivity contribution in [2.75, 3.05) is 7.11 Å². The highest BCUT2D eigenvalue weighted by Gasteiger charge is 2.17. The smallest absolute Gasteiger partial charge is 0.137 e. The van der Waals surface area contributed by atoms with Gasteiger partial charge in [0.1, 0.15) is 11.4 Å². The molecule has 0 aliphatic heterocycles. The molecule has 0 fully saturated rings. The maximum Gasteiger partial charge on any atom is 0.137 e. The summed E-state index contributed by atoms with van der Waals surface area (Å²) in [6.45, 7) is 3.93. The molecule has 1 N–H and O–H groups in total. The second-order valence-electron chi connectivity index (χ2n) is 4.46. The molecule has 6 heteroatoms. The first-order chi connectivity index (χ1) is 9.08. The van der Waals surface area contributed by atoms with Crippen molar-refractivity contribution in [2.24, 2.45) is 0 Å². The molecule has 0 atom stereocenters. The van der Waals surface area contributed by atoms with Crippen LogP contribution in [0.2, 0.25) is 5.02 Å². The van der Waals surface area contributed by atoms with E-state index in [9.17, 15) is 5.11 Å². The van der Waals surface area contributed by atoms with Crippen LogP contribution in [0.5, 0.6) is 5.75 Å². The van der Waals surface area contributed by atoms with Crippen molar-refractivity contribution in [3.8, 4) is 11.4 Å². The number of hydrogen-bond donors (Lipinski definition) is 1. The molecule has 0 bridgehead atoms. The summed E-state index contributed by atoms with van der Waals surface area (Å²) in [7, 11) is 1.57. The lowest BCUT2D eigenvalue weighted by Gasteiger charge is -2.11. The van der Waals surface area contributed by atoms with Crippen molar-refractivity contribution in [3.05, 3.63) is 34.6 Å². The van der Waals surface area contributed by atoms with E-state index in [0.29, 0.717) is 16.5 Å². The number of hydrogen-bond acceptors (Lipinski definition) is 4. The topological polar surface area (TPSA) is 60.2 Å². The minimum absolute atomic E-state index is 0.128. The van der Waals surface area contributed by atoms with Crippen molar-refractivity contribution in [3.63, 3.8) is 0 Å². The van der Waals surface area contributed by atoms with E-state index in [-0.39, 0.29) is 12.5 Å². The third-order valence-electron chi connectivity index (χ3n) is 2.86. The number of aliphatic hydroxyl groups excluding tert-OH is 1. The molecule has 0 aliphatic carbocycles. The van der Waals surface area contributed by atoms with Crippen LogP contribution in [0.25, 0.3) is 5.69 Å². The second-order valence-corrected chi connectivity index (χ2v) is 4.87. The Hall–Kier alpha value is -1.59. The van der Waals surface area contributed by atoms with Crippen molar-refractivity contribution in [1.29, 1.82) is 0 Å². The summed E-state index contributed by atoms with van der Waals surface area (Å²) in [4.78, 5) is 0. The van der Waals surface area contributed by atoms with Gasteiger partial charge in [0.2, 0.25) is 0 Å². The molecular formula is C13H16ClN3O2. The maximum atomic E-state index is 9.30. The number of nitrogens with zero attached hydrogens (tertiary/aromatic N) is 3. The first kappa shape index (κ1) is 13.8. The highest BCUT2D eigenvalue weighted by atomic mass is 35.5. The summed E-state index contributed by atoms with van der Waals surface area (Å²) < 4.78 is 6.82. The second kappa shape index (κ2) is 5.59. The fraction of sp³-hybridized carbons (Fsp3) is 0.385. The fourth-order valence-electron chi connectivity index (χ4n) is 1.99. The van der Waals surface area contributed by atoms with Crippen molar-refractivity contribution < 1.29 is 9.84 Å². The Bertz CT molecular complexity index is 581. The van der Waals surface area contributed by atoms with Crippen molar-refractivity contribution >= 4 is 11.6 Å². The third-order valence-corrected chi connectivity index (χ3v) is 3.15. The lowest BCUT2D eigenvalue weighted by molar-refractivity contribution is 0.275. The van der Waals surface area contributed by atoms with Crippen LogP contribution in [-0.2, 0) is 6.61 Å². The van der Waals surface area contributed by atoms with E-state index in [1.165, 1.54) is 0 Å². The van der Waals surface area contributed by atoms with Crippen LogP contribution >= 0.6 is 11.6 Å². The minimum atomic E-state index is -0.128. The standard InChI is InChI=1S/C13H16ClN3O2/c1-8(2)13-11(7-18)15-16-17(13)9-4-5-12(19-3)10(14)6-9/h4-6,8,18H,7H2,1-3H3. The first-order valence-electron chi connectivity index (χ1n) is 5.97. The molecule has 1 heterocycles. The number of aliphatic hydroxyl groups is 1. The van der Waals surface area contributed by atoms with Gasteiger partial charge in [-0.15, -0.1) is 5.10 Å². The number of aromatic nitrogens is 3. The number of benzene rings is 1. The molecule has 2 aromatic rings. The van der Waals surface area contributed by atoms with Gasteiger partial charge in [-0.3, -0.25) is 0 Å². The highest BCUT2D eigenvalue weighted by molar-refractivity contribution is 6.32. The third kappa shape index (κ3) is 2.57. The Morgan fingerprint density at radius 1 is 1.42 bits per heavy atom. The molecule has 1 aromatic heterocycles. The van der Waals surface area contributed by atoms with Gasteiger partial charge < -0.3 is 9.84 Å². The quantitative estimate of drug-likeness (QED) is 0.936. The number of halogens is 1. The fourth-order valence-corrected chi connectivity index (χ4v) is 2.24. The molecule has 0 radical (unpaired) electrons. The summed E-state index contributed by atoms with van der Waals surface area (Å²) in [5.74, 6) is 0.803. The van der Waals surface area contributed by atoms with E-state index in [2.05, 4.69) is 10.3 Å². The molecule has 19 heavy (non-hydrogen) atoms. The van der Waals surface area contributed by atoms with Gasteiger partial charge >= 0.3 is 0 Å². The molecule has 1 aromatic carbocycles. The summed E-state index contributed by atoms with van der Waals surface area (Å²) in [5.41, 5.74) is 2.26. The zero-order chi connectivity index (χ0) is 14.0. The van der Waals surface area contributed by atoms with Gasteiger partial charge in [-0.2, -0.15) is 0 Å². The van der Waals surface area contributed by atoms with Gasteiger partial charge in [-0.05, 0) is 24.1 Å². The molecule has 0 unspecified atom stereocenters. The summed E-state index contributed by atoms with van der Waals surface area (Å²) in [5, 5.41) is 17.9. The zero-order valence-electron chi connectivity index (χ0n) is 11.1. The monoisotopic (exact) mass is 281 g/mol. The van der Waals surface area contributed by atoms with Gasteiger partial charge in [0.15, 0.2) is 0 Å². The van der Waals surface area contributed by atoms with Gasteiger partial charge in [0.05, 0.1) is 30.1 Å². The van der Waals surface area contributed by atoms with Crippen LogP contribution in [0.4, 0.5) is 0 Å². The van der Waals surface area contributed by atoms with E-state index < -0.39 is 0 Å². The van der Waals surface area contributed by atoms with Gasteiger partial charge in [-0.25, -0.2) is 4.68 Å². The van der Waals surface area contributed by atoms with Gasteiger partial charge in [-0.1, -0.05) is 30.7 Å². The predicted molar refractivity (Wildman–Crippen MR) is 72.9 cm³/mol. The predicted octanol–water partition coefficient (Wildman–Crippen LogP) is 2.55. The van der Waals surface area contributed by atoms with E-state index in [1.54, 1.807) is 23.9 Å². The minimum Gasteiger partial charge on any atom is -0.495 e. The summed E-state index contributed by atoms with van der Waals surface area (Å²) in [6.07, 6.45) is 0. The maximum absolute atomic E-state index is 9.30. The van der Waals surface area contributed by atoms with E-state index in [4.69, 9.17) is 16.3 Å². The van der Waals surface area contributed by atoms with Crippen LogP contribution in [0.3, 0.4) is 0 Å². The number of rotatable bonds is 4. The van der Waals surface area contributed by atoms with E-state index >= 15 is 0 Å². The molecule has 0 aliphatic rings. The van der Waals surface area contributed by atoms with E-state index in [1.807, 2.05) is 19.9 Å². The zero-order valence-corrected chi connectivity index (χ0v) is 11.8. The lowest BCUT2D eigenvalue weighted by atomic mass is 10.1. The van der Waals surface area contributed by atoms with Crippen LogP contribution in [0.1, 0.15) is 31.2 Å². The molecule has 0 amide bonds. The Morgan fingerprint density at radius 3 is 2.68 bits per heavy atom. The highest BCUT2D eigenvalue weighted by Crippen LogP contribution is 2.28. The molecular weight excluding hydrogens is 266 g/mol. The Morgan fingerprint density at radius 2 is 2.16 bits per heavy atom. The number of ether oxygens (including phenoxy) is 1. The largest absolute Gasteiger partial charge is 0.495 e. The average molecular weight is 282 g/mol. The van der Waals surface area contributed by atoms with Crippen molar-refractivity contribution in [2.45, 2.75) is 26.4 Å². The lowest BCUT2D eigenvalue weighted by Crippen LogP contribution is -2.05. The van der Waals surface area contributed by atoms with Crippen molar-refractivity contribution in [1.82, 2.24) is 15.0 Å². The van der Waals surface area contributed by atoms with Crippen LogP contribution < -0.4 is 4.74 Å². The Labute approximate surface area is 116 Å². The van der Waals surface area contributed by atoms with Gasteiger partial charge in [0, 0.05) is 0 Å². The SMILES string of the molecule is COc1ccc(-n2nnc(CO)c2C(C)C)cc1Cl. The Kier molecular flexibility index (Phi) is 4.07. The molecule has 102 valence electrons. The van der Waals surface area contributed by atoms with Crippen LogP contribution in [0.15, 0.2) is 18.2 Å². The van der Waals surface area contributed by atoms with Gasteiger partial charge in [0.25, 0.3) is 0 Å². The average Bonchev–Trinajstić information content (AvgIpc) is 2.82. The molecule has 2 rings (SSSR count). The summed E-state index contributed by atoms with van der Waals surface area (Å²) in [6, 6.07) is 5.40. The Balaban J connectivity index is 2.53. The van der Waals surface area contributed by atoms with Crippen LogP contribution in [0, 0.1) is 0 Å². The first-order valence-corrected chi connectivity index (χ1v) is 6.35. The van der Waals surface area contributed by atoms with Crippen LogP contribution in [-0.4, -0.2) is 27.2 Å². The number of methoxy groups -OCH3 is 1. The summed E-state index contributed by atoms with van der Waals surface area (Å²) >= 11 is 6.12. The normalized spacial score (nSPS) is 11.1. The molecule has 0 spiro atoms. The molecule has 0 saturated heterocycles. The molecule has 0 saturated carbocycles. The van der Waals surface area contributed by atoms with E-state index in [0.717, 1.165) is 11.4 Å². The molecule has 5 nitrogen and oxygen atoms in total.